The molecule has 1 amide bonds. The van der Waals surface area contributed by atoms with Gasteiger partial charge in [-0.15, -0.1) is 0 Å². The number of amides is 1. The number of rotatable bonds is 10. The van der Waals surface area contributed by atoms with Crippen LogP contribution in [0.25, 0.3) is 11.3 Å². The second kappa shape index (κ2) is 12.6. The molecule has 0 spiro atoms. The average molecular weight is 574 g/mol. The number of unbranched alkanes of at least 4 members (excludes halogenated alkanes) is 1. The van der Waals surface area contributed by atoms with Gasteiger partial charge in [-0.3, -0.25) is 9.69 Å². The number of carbonyl (C=O) groups excluding carboxylic acids is 1. The van der Waals surface area contributed by atoms with E-state index < -0.39 is 10.0 Å². The van der Waals surface area contributed by atoms with E-state index in [1.54, 1.807) is 25.2 Å². The van der Waals surface area contributed by atoms with Crippen LogP contribution in [0.1, 0.15) is 36.5 Å². The summed E-state index contributed by atoms with van der Waals surface area (Å²) in [4.78, 5) is 18.4. The molecule has 41 heavy (non-hydrogen) atoms. The van der Waals surface area contributed by atoms with Crippen molar-refractivity contribution in [2.24, 2.45) is 0 Å². The quantitative estimate of drug-likeness (QED) is 0.340. The Hall–Kier alpha value is -3.50. The van der Waals surface area contributed by atoms with Gasteiger partial charge in [-0.25, -0.2) is 12.7 Å². The van der Waals surface area contributed by atoms with Crippen molar-refractivity contribution >= 4 is 38.6 Å². The molecule has 9 heteroatoms. The maximum atomic E-state index is 13.4. The van der Waals surface area contributed by atoms with Crippen LogP contribution < -0.4 is 10.6 Å². The predicted octanol–water partition coefficient (Wildman–Crippen LogP) is 4.79. The van der Waals surface area contributed by atoms with Crippen molar-refractivity contribution in [3.8, 4) is 0 Å². The molecule has 3 aromatic rings. The molecule has 1 fully saturated rings. The predicted molar refractivity (Wildman–Crippen MR) is 166 cm³/mol. The lowest BCUT2D eigenvalue weighted by atomic mass is 10.00. The number of nitrogens with one attached hydrogen (secondary N) is 2. The summed E-state index contributed by atoms with van der Waals surface area (Å²) >= 11 is 0. The van der Waals surface area contributed by atoms with Crippen molar-refractivity contribution in [1.82, 2.24) is 14.1 Å². The lowest BCUT2D eigenvalue weighted by molar-refractivity contribution is -0.110. The van der Waals surface area contributed by atoms with Gasteiger partial charge in [-0.2, -0.15) is 0 Å². The molecule has 0 saturated carbocycles. The van der Waals surface area contributed by atoms with Crippen molar-refractivity contribution in [2.75, 3.05) is 57.5 Å². The van der Waals surface area contributed by atoms with E-state index in [0.29, 0.717) is 29.1 Å². The third-order valence-electron chi connectivity index (χ3n) is 7.81. The summed E-state index contributed by atoms with van der Waals surface area (Å²) in [6, 6.07) is 22.8. The molecule has 5 rings (SSSR count). The number of sulfonamides is 1. The second-order valence-corrected chi connectivity index (χ2v) is 12.9. The van der Waals surface area contributed by atoms with Gasteiger partial charge in [0.05, 0.1) is 16.2 Å². The Labute approximate surface area is 243 Å². The van der Waals surface area contributed by atoms with Crippen molar-refractivity contribution in [1.29, 1.82) is 0 Å². The summed E-state index contributed by atoms with van der Waals surface area (Å²) in [5, 5.41) is 6.42. The molecule has 0 radical (unpaired) electrons. The largest absolute Gasteiger partial charge is 0.354 e. The van der Waals surface area contributed by atoms with E-state index in [4.69, 9.17) is 0 Å². The fourth-order valence-electron chi connectivity index (χ4n) is 5.22. The number of anilines is 2. The van der Waals surface area contributed by atoms with E-state index in [-0.39, 0.29) is 10.8 Å². The van der Waals surface area contributed by atoms with Gasteiger partial charge in [-0.1, -0.05) is 55.8 Å². The van der Waals surface area contributed by atoms with Gasteiger partial charge >= 0.3 is 0 Å². The molecule has 0 unspecified atom stereocenters. The summed E-state index contributed by atoms with van der Waals surface area (Å²) in [5.41, 5.74) is 5.13. The Morgan fingerprint density at radius 3 is 2.37 bits per heavy atom. The maximum Gasteiger partial charge on any atom is 0.258 e. The molecular formula is C32H39N5O3S. The zero-order valence-corrected chi connectivity index (χ0v) is 24.9. The first-order valence-corrected chi connectivity index (χ1v) is 15.7. The number of nitrogens with zero attached hydrogens (tertiary/aromatic N) is 3. The molecule has 2 aliphatic rings. The minimum atomic E-state index is -3.70. The first-order valence-electron chi connectivity index (χ1n) is 14.2. The van der Waals surface area contributed by atoms with Crippen LogP contribution in [0, 0.1) is 0 Å². The van der Waals surface area contributed by atoms with Gasteiger partial charge in [0, 0.05) is 63.3 Å². The average Bonchev–Trinajstić information content (AvgIpc) is 3.31. The van der Waals surface area contributed by atoms with Crippen LogP contribution in [0.5, 0.6) is 0 Å². The number of hydrogen-bond acceptors (Lipinski definition) is 6. The Morgan fingerprint density at radius 1 is 0.976 bits per heavy atom. The van der Waals surface area contributed by atoms with Crippen molar-refractivity contribution in [2.45, 2.75) is 31.2 Å². The number of fused-ring (bicyclic) bond motifs is 1. The smallest absolute Gasteiger partial charge is 0.258 e. The molecule has 2 N–H and O–H groups in total. The van der Waals surface area contributed by atoms with E-state index in [2.05, 4.69) is 39.6 Å². The van der Waals surface area contributed by atoms with Crippen molar-refractivity contribution in [3.05, 3.63) is 89.5 Å². The number of benzene rings is 3. The SMILES string of the molecule is CCCCN(C)S(=O)(=O)c1ccc2c(c1)/C(=C(/Nc1ccc(CN3CCN(C)CC3)cc1)c1ccccc1)C(=O)N2. The second-order valence-electron chi connectivity index (χ2n) is 10.9. The summed E-state index contributed by atoms with van der Waals surface area (Å²) in [6.07, 6.45) is 1.68. The lowest BCUT2D eigenvalue weighted by Crippen LogP contribution is -2.43. The van der Waals surface area contributed by atoms with Crippen LogP contribution >= 0.6 is 0 Å². The van der Waals surface area contributed by atoms with E-state index in [0.717, 1.165) is 56.8 Å². The molecular weight excluding hydrogens is 534 g/mol. The van der Waals surface area contributed by atoms with Gasteiger partial charge in [0.1, 0.15) is 0 Å². The molecule has 2 aliphatic heterocycles. The number of piperazine rings is 1. The topological polar surface area (TPSA) is 85.0 Å². The summed E-state index contributed by atoms with van der Waals surface area (Å²) in [6.45, 7) is 7.65. The standard InChI is InChI=1S/C32H39N5O3S/c1-4-5-17-36(3)41(39,40)27-15-16-29-28(22-27)30(32(38)34-29)31(25-9-7-6-8-10-25)33-26-13-11-24(12-14-26)23-37-20-18-35(2)19-21-37/h6-16,22,33H,4-5,17-21,23H2,1-3H3,(H,34,38)/b31-30-. The van der Waals surface area contributed by atoms with Crippen molar-refractivity contribution < 1.29 is 13.2 Å². The van der Waals surface area contributed by atoms with Gasteiger partial charge in [0.2, 0.25) is 10.0 Å². The highest BCUT2D eigenvalue weighted by molar-refractivity contribution is 7.89. The third kappa shape index (κ3) is 6.54. The van der Waals surface area contributed by atoms with Crippen molar-refractivity contribution in [3.63, 3.8) is 0 Å². The van der Waals surface area contributed by atoms with Crippen LogP contribution in [0.4, 0.5) is 11.4 Å². The fourth-order valence-corrected chi connectivity index (χ4v) is 6.46. The fraction of sp³-hybridized carbons (Fsp3) is 0.344. The van der Waals surface area contributed by atoms with Gasteiger partial charge < -0.3 is 15.5 Å². The first kappa shape index (κ1) is 29.0. The summed E-state index contributed by atoms with van der Waals surface area (Å²) in [7, 11) is 0.0596. The number of likely N-dealkylation sites (N-methyl/N-ethyl adjacent to an activating group) is 1. The minimum Gasteiger partial charge on any atom is -0.354 e. The third-order valence-corrected chi connectivity index (χ3v) is 9.66. The molecule has 0 bridgehead atoms. The minimum absolute atomic E-state index is 0.171. The normalized spacial score (nSPS) is 17.4. The molecule has 0 aromatic heterocycles. The highest BCUT2D eigenvalue weighted by atomic mass is 32.2. The Kier molecular flexibility index (Phi) is 8.89. The molecule has 1 saturated heterocycles. The molecule has 3 aromatic carbocycles. The highest BCUT2D eigenvalue weighted by Crippen LogP contribution is 2.39. The van der Waals surface area contributed by atoms with E-state index >= 15 is 0 Å². The van der Waals surface area contributed by atoms with E-state index in [9.17, 15) is 13.2 Å². The number of carbonyl (C=O) groups is 1. The van der Waals surface area contributed by atoms with Crippen LogP contribution in [-0.2, 0) is 21.4 Å². The maximum absolute atomic E-state index is 13.4. The Morgan fingerprint density at radius 2 is 1.68 bits per heavy atom. The molecule has 8 nitrogen and oxygen atoms in total. The monoisotopic (exact) mass is 573 g/mol. The van der Waals surface area contributed by atoms with E-state index in [1.165, 1.54) is 9.87 Å². The molecule has 0 aliphatic carbocycles. The lowest BCUT2D eigenvalue weighted by Gasteiger charge is -2.32. The van der Waals surface area contributed by atoms with Crippen LogP contribution in [-0.4, -0.2) is 75.2 Å². The van der Waals surface area contributed by atoms with Gasteiger partial charge in [0.25, 0.3) is 5.91 Å². The molecule has 2 heterocycles. The van der Waals surface area contributed by atoms with Gasteiger partial charge in [-0.05, 0) is 54.9 Å². The first-order chi connectivity index (χ1) is 19.8. The van der Waals surface area contributed by atoms with E-state index in [1.807, 2.05) is 49.4 Å². The molecule has 216 valence electrons. The zero-order chi connectivity index (χ0) is 29.0. The Balaban J connectivity index is 1.48. The van der Waals surface area contributed by atoms with Crippen LogP contribution in [0.3, 0.4) is 0 Å². The molecule has 0 atom stereocenters. The zero-order valence-electron chi connectivity index (χ0n) is 24.1. The number of hydrogen-bond donors (Lipinski definition) is 2. The highest BCUT2D eigenvalue weighted by Gasteiger charge is 2.31. The summed E-state index contributed by atoms with van der Waals surface area (Å²) in [5.74, 6) is -0.271. The van der Waals surface area contributed by atoms with Crippen LogP contribution in [0.2, 0.25) is 0 Å². The summed E-state index contributed by atoms with van der Waals surface area (Å²) < 4.78 is 28.0. The van der Waals surface area contributed by atoms with Crippen LogP contribution in [0.15, 0.2) is 77.7 Å². The van der Waals surface area contributed by atoms with Gasteiger partial charge in [0.15, 0.2) is 0 Å². The Bertz CT molecular complexity index is 1510.